The van der Waals surface area contributed by atoms with Gasteiger partial charge in [-0.05, 0) is 34.0 Å². The summed E-state index contributed by atoms with van der Waals surface area (Å²) in [4.78, 5) is 4.63. The second-order valence-electron chi connectivity index (χ2n) is 4.33. The van der Waals surface area contributed by atoms with Gasteiger partial charge in [0.25, 0.3) is 0 Å². The summed E-state index contributed by atoms with van der Waals surface area (Å²) in [5, 5.41) is 6.66. The Morgan fingerprint density at radius 1 is 1.14 bits per heavy atom. The van der Waals surface area contributed by atoms with E-state index in [2.05, 4.69) is 34.5 Å². The van der Waals surface area contributed by atoms with Crippen LogP contribution in [0, 0.1) is 0 Å². The van der Waals surface area contributed by atoms with Crippen LogP contribution in [0.2, 0.25) is 0 Å². The van der Waals surface area contributed by atoms with Crippen LogP contribution in [-0.4, -0.2) is 57.0 Å². The monoisotopic (exact) mass is 200 g/mol. The summed E-state index contributed by atoms with van der Waals surface area (Å²) in [5.74, 6) is 0. The first-order valence-electron chi connectivity index (χ1n) is 5.48. The Labute approximate surface area is 87.6 Å². The minimum absolute atomic E-state index is 0.803. The first-order valence-corrected chi connectivity index (χ1v) is 5.48. The Kier molecular flexibility index (Phi) is 5.40. The molecule has 1 aliphatic carbocycles. The first kappa shape index (κ1) is 11.9. The van der Waals surface area contributed by atoms with Gasteiger partial charge in [-0.15, -0.1) is 0 Å². The molecule has 0 aromatic rings. The van der Waals surface area contributed by atoms with Gasteiger partial charge in [-0.3, -0.25) is 15.1 Å². The molecule has 0 radical (unpaired) electrons. The normalized spacial score (nSPS) is 17.8. The largest absolute Gasteiger partial charge is 0.307 e. The lowest BCUT2D eigenvalue weighted by molar-refractivity contribution is 0.105. The number of hydrogen-bond acceptors (Lipinski definition) is 4. The number of rotatable bonds is 7. The molecular weight excluding hydrogens is 176 g/mol. The summed E-state index contributed by atoms with van der Waals surface area (Å²) < 4.78 is 0. The van der Waals surface area contributed by atoms with Crippen molar-refractivity contribution in [2.75, 3.05) is 41.1 Å². The molecule has 0 aliphatic heterocycles. The molecule has 0 unspecified atom stereocenters. The molecule has 0 atom stereocenters. The van der Waals surface area contributed by atoms with Gasteiger partial charge in [0.2, 0.25) is 0 Å². The molecule has 0 aromatic heterocycles. The highest BCUT2D eigenvalue weighted by Gasteiger charge is 2.23. The summed E-state index contributed by atoms with van der Waals surface area (Å²) >= 11 is 0. The van der Waals surface area contributed by atoms with Crippen LogP contribution < -0.4 is 10.6 Å². The van der Waals surface area contributed by atoms with Crippen molar-refractivity contribution in [1.29, 1.82) is 0 Å². The number of nitrogens with one attached hydrogen (secondary N) is 2. The summed E-state index contributed by atoms with van der Waals surface area (Å²) in [6, 6.07) is 0.803. The van der Waals surface area contributed by atoms with Crippen molar-refractivity contribution in [2.24, 2.45) is 0 Å². The van der Waals surface area contributed by atoms with Gasteiger partial charge in [-0.25, -0.2) is 0 Å². The van der Waals surface area contributed by atoms with Gasteiger partial charge < -0.3 is 5.32 Å². The maximum absolute atomic E-state index is 3.43. The molecule has 0 saturated heterocycles. The Morgan fingerprint density at radius 2 is 1.86 bits per heavy atom. The topological polar surface area (TPSA) is 30.5 Å². The van der Waals surface area contributed by atoms with Gasteiger partial charge in [0.1, 0.15) is 0 Å². The fraction of sp³-hybridized carbons (Fsp3) is 1.00. The lowest BCUT2D eigenvalue weighted by Gasteiger charge is -2.37. The van der Waals surface area contributed by atoms with Gasteiger partial charge >= 0.3 is 0 Å². The Balaban J connectivity index is 2.14. The van der Waals surface area contributed by atoms with E-state index in [0.717, 1.165) is 26.0 Å². The minimum Gasteiger partial charge on any atom is -0.307 e. The number of nitrogens with zero attached hydrogens (tertiary/aromatic N) is 2. The zero-order chi connectivity index (χ0) is 10.4. The maximum Gasteiger partial charge on any atom is 0.0505 e. The van der Waals surface area contributed by atoms with E-state index in [1.54, 1.807) is 0 Å². The third kappa shape index (κ3) is 3.92. The minimum atomic E-state index is 0.803. The van der Waals surface area contributed by atoms with E-state index in [1.165, 1.54) is 19.3 Å². The average molecular weight is 200 g/mol. The van der Waals surface area contributed by atoms with Crippen LogP contribution in [-0.2, 0) is 0 Å². The van der Waals surface area contributed by atoms with Gasteiger partial charge in [-0.1, -0.05) is 6.42 Å². The van der Waals surface area contributed by atoms with Crippen LogP contribution in [0.5, 0.6) is 0 Å². The summed E-state index contributed by atoms with van der Waals surface area (Å²) in [6.07, 6.45) is 4.13. The SMILES string of the molecule is CNCN(CNCN(C)C)C1CCC1. The van der Waals surface area contributed by atoms with E-state index in [-0.39, 0.29) is 0 Å². The molecule has 0 spiro atoms. The van der Waals surface area contributed by atoms with Crippen molar-refractivity contribution in [3.63, 3.8) is 0 Å². The van der Waals surface area contributed by atoms with Gasteiger partial charge in [0, 0.05) is 19.4 Å². The van der Waals surface area contributed by atoms with Crippen LogP contribution in [0.1, 0.15) is 19.3 Å². The molecule has 0 aromatic carbocycles. The molecule has 0 amide bonds. The highest BCUT2D eigenvalue weighted by Crippen LogP contribution is 2.23. The quantitative estimate of drug-likeness (QED) is 0.570. The van der Waals surface area contributed by atoms with E-state index in [1.807, 2.05) is 7.05 Å². The molecule has 0 bridgehead atoms. The molecule has 2 N–H and O–H groups in total. The fourth-order valence-electron chi connectivity index (χ4n) is 1.69. The molecular formula is C10H24N4. The summed E-state index contributed by atoms with van der Waals surface area (Å²) in [6.45, 7) is 2.93. The second-order valence-corrected chi connectivity index (χ2v) is 4.33. The number of hydrogen-bond donors (Lipinski definition) is 2. The summed E-state index contributed by atoms with van der Waals surface area (Å²) in [5.41, 5.74) is 0. The van der Waals surface area contributed by atoms with Crippen LogP contribution >= 0.6 is 0 Å². The standard InChI is InChI=1S/C10H24N4/c1-11-7-14(10-5-4-6-10)9-12-8-13(2)3/h10-12H,4-9H2,1-3H3. The molecule has 1 saturated carbocycles. The van der Waals surface area contributed by atoms with E-state index in [0.29, 0.717) is 0 Å². The van der Waals surface area contributed by atoms with Crippen LogP contribution in [0.15, 0.2) is 0 Å². The Bertz CT molecular complexity index is 145. The second kappa shape index (κ2) is 6.35. The predicted molar refractivity (Wildman–Crippen MR) is 60.0 cm³/mol. The third-order valence-corrected chi connectivity index (χ3v) is 2.70. The van der Waals surface area contributed by atoms with E-state index >= 15 is 0 Å². The lowest BCUT2D eigenvalue weighted by Crippen LogP contribution is -2.49. The van der Waals surface area contributed by atoms with Crippen LogP contribution in [0.25, 0.3) is 0 Å². The van der Waals surface area contributed by atoms with Crippen molar-refractivity contribution in [2.45, 2.75) is 25.3 Å². The Morgan fingerprint density at radius 3 is 2.29 bits per heavy atom. The van der Waals surface area contributed by atoms with Crippen molar-refractivity contribution in [3.05, 3.63) is 0 Å². The smallest absolute Gasteiger partial charge is 0.0505 e. The highest BCUT2D eigenvalue weighted by molar-refractivity contribution is 4.78. The van der Waals surface area contributed by atoms with Crippen LogP contribution in [0.4, 0.5) is 0 Å². The van der Waals surface area contributed by atoms with Crippen molar-refractivity contribution < 1.29 is 0 Å². The predicted octanol–water partition coefficient (Wildman–Crippen LogP) is 0.0840. The lowest BCUT2D eigenvalue weighted by atomic mass is 9.92. The van der Waals surface area contributed by atoms with E-state index < -0.39 is 0 Å². The molecule has 1 rings (SSSR count). The molecule has 4 nitrogen and oxygen atoms in total. The molecule has 1 aliphatic rings. The molecule has 1 fully saturated rings. The first-order chi connectivity index (χ1) is 6.74. The average Bonchev–Trinajstić information content (AvgIpc) is 2.00. The third-order valence-electron chi connectivity index (χ3n) is 2.70. The zero-order valence-electron chi connectivity index (χ0n) is 9.71. The van der Waals surface area contributed by atoms with Crippen molar-refractivity contribution >= 4 is 0 Å². The molecule has 84 valence electrons. The van der Waals surface area contributed by atoms with Crippen molar-refractivity contribution in [1.82, 2.24) is 20.4 Å². The van der Waals surface area contributed by atoms with Gasteiger partial charge in [0.05, 0.1) is 6.67 Å². The van der Waals surface area contributed by atoms with Crippen molar-refractivity contribution in [3.8, 4) is 0 Å². The zero-order valence-corrected chi connectivity index (χ0v) is 9.71. The molecule has 0 heterocycles. The fourth-order valence-corrected chi connectivity index (χ4v) is 1.69. The van der Waals surface area contributed by atoms with E-state index in [4.69, 9.17) is 0 Å². The van der Waals surface area contributed by atoms with Gasteiger partial charge in [0.15, 0.2) is 0 Å². The van der Waals surface area contributed by atoms with Gasteiger partial charge in [-0.2, -0.15) is 0 Å². The van der Waals surface area contributed by atoms with E-state index in [9.17, 15) is 0 Å². The summed E-state index contributed by atoms with van der Waals surface area (Å²) in [7, 11) is 6.18. The molecule has 4 heteroatoms. The van der Waals surface area contributed by atoms with Crippen LogP contribution in [0.3, 0.4) is 0 Å². The maximum atomic E-state index is 3.43. The highest BCUT2D eigenvalue weighted by atomic mass is 15.3. The molecule has 14 heavy (non-hydrogen) atoms. The Hall–Kier alpha value is -0.160.